The van der Waals surface area contributed by atoms with Gasteiger partial charge in [-0.05, 0) is 25.2 Å². The molecule has 0 aromatic rings. The van der Waals surface area contributed by atoms with E-state index in [4.69, 9.17) is 5.11 Å². The van der Waals surface area contributed by atoms with Crippen molar-refractivity contribution in [3.63, 3.8) is 0 Å². The molecule has 22 heavy (non-hydrogen) atoms. The second-order valence-corrected chi connectivity index (χ2v) is 8.60. The van der Waals surface area contributed by atoms with Gasteiger partial charge in [0.25, 0.3) is 0 Å². The zero-order chi connectivity index (χ0) is 14.9. The summed E-state index contributed by atoms with van der Waals surface area (Å²) in [5.74, 6) is 2.20. The van der Waals surface area contributed by atoms with Crippen LogP contribution in [0.25, 0.3) is 0 Å². The van der Waals surface area contributed by atoms with Crippen molar-refractivity contribution in [2.24, 2.45) is 11.8 Å². The van der Waals surface area contributed by atoms with Crippen LogP contribution in [0, 0.1) is 11.8 Å². The maximum Gasteiger partial charge on any atom is 0.127 e. The van der Waals surface area contributed by atoms with E-state index in [0.717, 1.165) is 30.5 Å². The molecule has 2 heterocycles. The van der Waals surface area contributed by atoms with Crippen molar-refractivity contribution in [2.45, 2.75) is 50.6 Å². The molecule has 4 nitrogen and oxygen atoms in total. The number of aliphatic hydroxyl groups excluding tert-OH is 1. The number of piperazine rings is 1. The summed E-state index contributed by atoms with van der Waals surface area (Å²) >= 11 is 0. The zero-order valence-corrected chi connectivity index (χ0v) is 14.2. The van der Waals surface area contributed by atoms with Crippen molar-refractivity contribution in [2.75, 3.05) is 52.4 Å². The fraction of sp³-hybridized carbons (Fsp3) is 1.00. The van der Waals surface area contributed by atoms with E-state index in [9.17, 15) is 0 Å². The Morgan fingerprint density at radius 3 is 2.14 bits per heavy atom. The van der Waals surface area contributed by atoms with Crippen LogP contribution in [0.2, 0.25) is 0 Å². The Hall–Kier alpha value is -0.160. The highest BCUT2D eigenvalue weighted by atomic mass is 16.3. The van der Waals surface area contributed by atoms with E-state index >= 15 is 0 Å². The monoisotopic (exact) mass is 310 g/mol. The van der Waals surface area contributed by atoms with Crippen LogP contribution in [0.1, 0.15) is 38.5 Å². The van der Waals surface area contributed by atoms with Crippen LogP contribution in [-0.4, -0.2) is 69.6 Å². The highest BCUT2D eigenvalue weighted by Gasteiger charge is 2.46. The van der Waals surface area contributed by atoms with Crippen LogP contribution in [0.4, 0.5) is 0 Å². The molecule has 2 aliphatic heterocycles. The minimum Gasteiger partial charge on any atom is -0.391 e. The molecule has 2 saturated heterocycles. The van der Waals surface area contributed by atoms with E-state index in [0.29, 0.717) is 6.61 Å². The summed E-state index contributed by atoms with van der Waals surface area (Å²) in [7, 11) is 0. The van der Waals surface area contributed by atoms with Crippen LogP contribution in [0.3, 0.4) is 0 Å². The van der Waals surface area contributed by atoms with E-state index < -0.39 is 0 Å². The first kappa shape index (κ1) is 15.4. The minimum absolute atomic E-state index is 0.357. The molecule has 0 radical (unpaired) electrons. The smallest absolute Gasteiger partial charge is 0.127 e. The van der Waals surface area contributed by atoms with Gasteiger partial charge in [0.2, 0.25) is 0 Å². The molecule has 3 atom stereocenters. The molecule has 4 N–H and O–H groups in total. The topological polar surface area (TPSA) is 33.6 Å². The Morgan fingerprint density at radius 1 is 0.773 bits per heavy atom. The molecule has 0 aromatic carbocycles. The van der Waals surface area contributed by atoms with Gasteiger partial charge in [-0.1, -0.05) is 0 Å². The molecule has 2 bridgehead atoms. The van der Waals surface area contributed by atoms with Gasteiger partial charge >= 0.3 is 0 Å². The van der Waals surface area contributed by atoms with Crippen molar-refractivity contribution < 1.29 is 19.8 Å². The zero-order valence-electron chi connectivity index (χ0n) is 14.2. The van der Waals surface area contributed by atoms with E-state index in [2.05, 4.69) is 0 Å². The number of aliphatic hydroxyl groups is 1. The third-order valence-corrected chi connectivity index (χ3v) is 7.53. The van der Waals surface area contributed by atoms with Crippen molar-refractivity contribution >= 4 is 0 Å². The van der Waals surface area contributed by atoms with Crippen molar-refractivity contribution in [3.05, 3.63) is 0 Å². The predicted octanol–water partition coefficient (Wildman–Crippen LogP) is -3.00. The SMILES string of the molecule is OCC[NH+]1CC[NH+](C2CC[NH+](C3CC4CCC3C4)CC2)CC1. The second kappa shape index (κ2) is 6.76. The predicted molar refractivity (Wildman–Crippen MR) is 86.3 cm³/mol. The van der Waals surface area contributed by atoms with Gasteiger partial charge < -0.3 is 19.8 Å². The third-order valence-electron chi connectivity index (χ3n) is 7.53. The summed E-state index contributed by atoms with van der Waals surface area (Å²) in [6.45, 7) is 9.44. The Balaban J connectivity index is 1.23. The minimum atomic E-state index is 0.357. The number of piperidine rings is 1. The molecule has 3 unspecified atom stereocenters. The first-order valence-corrected chi connectivity index (χ1v) is 9.97. The van der Waals surface area contributed by atoms with Gasteiger partial charge in [0, 0.05) is 25.2 Å². The maximum absolute atomic E-state index is 9.08. The molecule has 4 fully saturated rings. The maximum atomic E-state index is 9.08. The molecule has 0 amide bonds. The summed E-state index contributed by atoms with van der Waals surface area (Å²) in [5.41, 5.74) is 0. The van der Waals surface area contributed by atoms with Crippen LogP contribution in [0.5, 0.6) is 0 Å². The molecule has 4 heteroatoms. The highest BCUT2D eigenvalue weighted by Crippen LogP contribution is 2.43. The van der Waals surface area contributed by atoms with Gasteiger partial charge in [0.05, 0.1) is 31.8 Å². The lowest BCUT2D eigenvalue weighted by molar-refractivity contribution is -1.03. The van der Waals surface area contributed by atoms with Crippen molar-refractivity contribution in [1.82, 2.24) is 0 Å². The van der Waals surface area contributed by atoms with Crippen LogP contribution >= 0.6 is 0 Å². The molecule has 126 valence electrons. The third kappa shape index (κ3) is 3.08. The summed E-state index contributed by atoms with van der Waals surface area (Å²) in [4.78, 5) is 5.48. The summed E-state index contributed by atoms with van der Waals surface area (Å²) in [5, 5.41) is 9.08. The van der Waals surface area contributed by atoms with Gasteiger partial charge in [-0.15, -0.1) is 0 Å². The van der Waals surface area contributed by atoms with Gasteiger partial charge in [-0.3, -0.25) is 0 Å². The molecule has 0 aromatic heterocycles. The molecule has 0 spiro atoms. The van der Waals surface area contributed by atoms with Gasteiger partial charge in [0.1, 0.15) is 32.7 Å². The van der Waals surface area contributed by atoms with Crippen LogP contribution < -0.4 is 14.7 Å². The van der Waals surface area contributed by atoms with Gasteiger partial charge in [-0.25, -0.2) is 0 Å². The van der Waals surface area contributed by atoms with E-state index in [1.54, 1.807) is 30.6 Å². The molecule has 4 aliphatic rings. The first-order chi connectivity index (χ1) is 10.8. The summed E-state index contributed by atoms with van der Waals surface area (Å²) in [6.07, 6.45) is 9.14. The van der Waals surface area contributed by atoms with Crippen molar-refractivity contribution in [3.8, 4) is 0 Å². The number of hydrogen-bond donors (Lipinski definition) is 4. The average Bonchev–Trinajstić information content (AvgIpc) is 3.19. The summed E-state index contributed by atoms with van der Waals surface area (Å²) in [6, 6.07) is 1.98. The average molecular weight is 311 g/mol. The van der Waals surface area contributed by atoms with E-state index in [-0.39, 0.29) is 0 Å². The number of fused-ring (bicyclic) bond motifs is 2. The van der Waals surface area contributed by atoms with E-state index in [1.165, 1.54) is 52.1 Å². The van der Waals surface area contributed by atoms with E-state index in [1.807, 2.05) is 9.80 Å². The van der Waals surface area contributed by atoms with Gasteiger partial charge in [-0.2, -0.15) is 0 Å². The molecule has 2 saturated carbocycles. The standard InChI is InChI=1S/C18H33N3O/c22-12-11-19-7-9-20(10-8-19)17-3-5-21(6-4-17)18-14-15-1-2-16(18)13-15/h15-18,22H,1-14H2/p+3. The number of nitrogens with one attached hydrogen (secondary N) is 3. The lowest BCUT2D eigenvalue weighted by Gasteiger charge is -2.40. The fourth-order valence-electron chi connectivity index (χ4n) is 6.25. The first-order valence-electron chi connectivity index (χ1n) is 9.97. The Morgan fingerprint density at radius 2 is 1.55 bits per heavy atom. The Bertz CT molecular complexity index is 361. The summed E-state index contributed by atoms with van der Waals surface area (Å²) < 4.78 is 0. The largest absolute Gasteiger partial charge is 0.391 e. The number of hydrogen-bond acceptors (Lipinski definition) is 1. The lowest BCUT2D eigenvalue weighted by atomic mass is 9.91. The van der Waals surface area contributed by atoms with Crippen LogP contribution in [-0.2, 0) is 0 Å². The van der Waals surface area contributed by atoms with Crippen LogP contribution in [0.15, 0.2) is 0 Å². The Kier molecular flexibility index (Phi) is 4.72. The lowest BCUT2D eigenvalue weighted by Crippen LogP contribution is -3.30. The Labute approximate surface area is 135 Å². The number of likely N-dealkylation sites (tertiary alicyclic amines) is 1. The molecular formula is C18H36N3O+3. The second-order valence-electron chi connectivity index (χ2n) is 8.60. The number of rotatable bonds is 4. The van der Waals surface area contributed by atoms with Gasteiger partial charge in [0.15, 0.2) is 0 Å². The molecule has 4 rings (SSSR count). The molecular weight excluding hydrogens is 274 g/mol. The van der Waals surface area contributed by atoms with Crippen molar-refractivity contribution in [1.29, 1.82) is 0 Å². The number of quaternary nitrogens is 3. The molecule has 2 aliphatic carbocycles. The quantitative estimate of drug-likeness (QED) is 0.439. The normalized spacial score (nSPS) is 48.7. The fourth-order valence-corrected chi connectivity index (χ4v) is 6.25. The highest BCUT2D eigenvalue weighted by molar-refractivity contribution is 4.90.